The quantitative estimate of drug-likeness (QED) is 0.553. The lowest BCUT2D eigenvalue weighted by molar-refractivity contribution is -0.116. The maximum absolute atomic E-state index is 12.1. The molecule has 0 saturated carbocycles. The van der Waals surface area contributed by atoms with Crippen LogP contribution in [0.25, 0.3) is 11.1 Å². The van der Waals surface area contributed by atoms with E-state index in [-0.39, 0.29) is 17.8 Å². The smallest absolute Gasteiger partial charge is 0.410 e. The predicted octanol–water partition coefficient (Wildman–Crippen LogP) is 4.52. The minimum atomic E-state index is -0.505. The van der Waals surface area contributed by atoms with Gasteiger partial charge >= 0.3 is 6.09 Å². The van der Waals surface area contributed by atoms with Gasteiger partial charge in [-0.3, -0.25) is 9.48 Å². The Morgan fingerprint density at radius 2 is 1.92 bits per heavy atom. The number of nitrogen functional groups attached to an aromatic ring is 1. The Bertz CT molecular complexity index is 1200. The third-order valence-electron chi connectivity index (χ3n) is 5.66. The molecular weight excluding hydrogens is 475 g/mol. The number of amides is 2. The molecule has 10 heteroatoms. The van der Waals surface area contributed by atoms with Crippen molar-refractivity contribution in [3.8, 4) is 11.1 Å². The van der Waals surface area contributed by atoms with E-state index in [1.54, 1.807) is 18.9 Å². The number of fused-ring (bicyclic) bond motifs is 1. The minimum Gasteiger partial charge on any atom is -0.444 e. The number of hydrogen-bond donors (Lipinski definition) is 1. The fraction of sp³-hybridized carbons (Fsp3) is 0.407. The van der Waals surface area contributed by atoms with Crippen LogP contribution in [-0.4, -0.2) is 57.4 Å². The number of nitrogens with zero attached hydrogens (tertiary/aromatic N) is 5. The van der Waals surface area contributed by atoms with Crippen LogP contribution in [-0.2, 0) is 22.5 Å². The molecule has 1 aromatic carbocycles. The third-order valence-corrected chi connectivity index (χ3v) is 5.66. The molecule has 0 fully saturated rings. The Hall–Kier alpha value is -3.95. The first-order valence-electron chi connectivity index (χ1n) is 12.2. The van der Waals surface area contributed by atoms with E-state index in [0.717, 1.165) is 42.4 Å². The average Bonchev–Trinajstić information content (AvgIpc) is 3.32. The highest BCUT2D eigenvalue weighted by Crippen LogP contribution is 2.31. The Labute approximate surface area is 217 Å². The van der Waals surface area contributed by atoms with Gasteiger partial charge in [-0.2, -0.15) is 5.10 Å². The molecular formula is C27H35FN6O3. The highest BCUT2D eigenvalue weighted by Gasteiger charge is 2.21. The minimum absolute atomic E-state index is 0.0839. The molecule has 9 nitrogen and oxygen atoms in total. The van der Waals surface area contributed by atoms with Crippen molar-refractivity contribution in [3.05, 3.63) is 60.3 Å². The fourth-order valence-corrected chi connectivity index (χ4v) is 3.81. The SMILES string of the molecule is CC(=O)N1CCCc2cc(-c3cnn(CCN(C)C(=O)OC(C)(C)C)c3)ccc21.Nc1ccc(F)cn1. The van der Waals surface area contributed by atoms with Crippen LogP contribution in [0.5, 0.6) is 0 Å². The first kappa shape index (κ1) is 27.6. The highest BCUT2D eigenvalue weighted by atomic mass is 19.1. The lowest BCUT2D eigenvalue weighted by Crippen LogP contribution is -2.36. The number of aromatic nitrogens is 3. The zero-order valence-corrected chi connectivity index (χ0v) is 22.1. The summed E-state index contributed by atoms with van der Waals surface area (Å²) in [5.74, 6) is 0.0613. The van der Waals surface area contributed by atoms with E-state index in [9.17, 15) is 14.0 Å². The van der Waals surface area contributed by atoms with Crippen LogP contribution in [0.15, 0.2) is 48.9 Å². The van der Waals surface area contributed by atoms with Crippen molar-refractivity contribution in [2.45, 2.75) is 52.7 Å². The Morgan fingerprint density at radius 1 is 1.16 bits per heavy atom. The number of rotatable bonds is 4. The topological polar surface area (TPSA) is 107 Å². The van der Waals surface area contributed by atoms with Gasteiger partial charge in [-0.15, -0.1) is 0 Å². The monoisotopic (exact) mass is 510 g/mol. The molecule has 37 heavy (non-hydrogen) atoms. The number of aryl methyl sites for hydroxylation is 1. The summed E-state index contributed by atoms with van der Waals surface area (Å²) in [7, 11) is 1.72. The van der Waals surface area contributed by atoms with Crippen molar-refractivity contribution < 1.29 is 18.7 Å². The number of likely N-dealkylation sites (N-methyl/N-ethyl adjacent to an activating group) is 1. The van der Waals surface area contributed by atoms with E-state index in [2.05, 4.69) is 16.1 Å². The van der Waals surface area contributed by atoms with Gasteiger partial charge in [0.1, 0.15) is 17.2 Å². The van der Waals surface area contributed by atoms with E-state index >= 15 is 0 Å². The van der Waals surface area contributed by atoms with E-state index in [1.807, 2.05) is 54.9 Å². The van der Waals surface area contributed by atoms with Crippen molar-refractivity contribution in [1.29, 1.82) is 0 Å². The molecule has 3 heterocycles. The molecule has 2 N–H and O–H groups in total. The summed E-state index contributed by atoms with van der Waals surface area (Å²) in [4.78, 5) is 30.8. The molecule has 1 aliphatic heterocycles. The second kappa shape index (κ2) is 11.9. The molecule has 0 unspecified atom stereocenters. The second-order valence-electron chi connectivity index (χ2n) is 9.91. The third kappa shape index (κ3) is 8.03. The first-order chi connectivity index (χ1) is 17.4. The van der Waals surface area contributed by atoms with Crippen LogP contribution in [0.4, 0.5) is 20.7 Å². The molecule has 1 aliphatic rings. The number of ether oxygens (including phenoxy) is 1. The first-order valence-corrected chi connectivity index (χ1v) is 12.2. The zero-order valence-electron chi connectivity index (χ0n) is 22.1. The van der Waals surface area contributed by atoms with Crippen molar-refractivity contribution in [1.82, 2.24) is 19.7 Å². The van der Waals surface area contributed by atoms with Crippen molar-refractivity contribution in [2.24, 2.45) is 0 Å². The van der Waals surface area contributed by atoms with Crippen molar-refractivity contribution in [3.63, 3.8) is 0 Å². The number of anilines is 2. The Morgan fingerprint density at radius 3 is 2.54 bits per heavy atom. The standard InChI is InChI=1S/C22H30N4O3.C5H5FN2/c1-16(27)26-10-6-7-18-13-17(8-9-20(18)26)19-14-23-25(15-19)12-11-24(5)21(28)29-22(2,3)4;6-4-1-2-5(7)8-3-4/h8-9,13-15H,6-7,10-12H2,1-5H3;1-3H,(H2,7,8). The van der Waals surface area contributed by atoms with E-state index in [4.69, 9.17) is 10.5 Å². The summed E-state index contributed by atoms with van der Waals surface area (Å²) >= 11 is 0. The predicted molar refractivity (Wildman–Crippen MR) is 141 cm³/mol. The summed E-state index contributed by atoms with van der Waals surface area (Å²) in [6.45, 7) is 9.05. The number of halogens is 1. The molecule has 0 aliphatic carbocycles. The summed E-state index contributed by atoms with van der Waals surface area (Å²) in [5, 5.41) is 4.43. The van der Waals surface area contributed by atoms with Crippen LogP contribution in [0.1, 0.15) is 39.7 Å². The Balaban J connectivity index is 0.000000405. The Kier molecular flexibility index (Phi) is 8.86. The number of benzene rings is 1. The molecule has 0 atom stereocenters. The summed E-state index contributed by atoms with van der Waals surface area (Å²) in [6.07, 6.45) is 6.51. The number of carbonyl (C=O) groups is 2. The van der Waals surface area contributed by atoms with Crippen LogP contribution in [0.3, 0.4) is 0 Å². The molecule has 0 bridgehead atoms. The molecule has 198 valence electrons. The van der Waals surface area contributed by atoms with Gasteiger partial charge in [-0.25, -0.2) is 14.2 Å². The van der Waals surface area contributed by atoms with Crippen LogP contribution >= 0.6 is 0 Å². The molecule has 0 spiro atoms. The van der Waals surface area contributed by atoms with Crippen LogP contribution in [0, 0.1) is 5.82 Å². The summed E-state index contributed by atoms with van der Waals surface area (Å²) in [5.41, 5.74) is 8.96. The second-order valence-corrected chi connectivity index (χ2v) is 9.91. The van der Waals surface area contributed by atoms with Crippen LogP contribution in [0.2, 0.25) is 0 Å². The maximum atomic E-state index is 12.1. The van der Waals surface area contributed by atoms with Crippen molar-refractivity contribution >= 4 is 23.5 Å². The highest BCUT2D eigenvalue weighted by molar-refractivity contribution is 5.93. The van der Waals surface area contributed by atoms with Gasteiger partial charge in [0.25, 0.3) is 0 Å². The molecule has 0 radical (unpaired) electrons. The normalized spacial score (nSPS) is 12.8. The van der Waals surface area contributed by atoms with Gasteiger partial charge in [-0.1, -0.05) is 6.07 Å². The van der Waals surface area contributed by atoms with Gasteiger partial charge in [0.15, 0.2) is 0 Å². The molecule has 2 aromatic heterocycles. The van der Waals surface area contributed by atoms with E-state index < -0.39 is 5.60 Å². The van der Waals surface area contributed by atoms with Gasteiger partial charge in [0.05, 0.1) is 18.9 Å². The fourth-order valence-electron chi connectivity index (χ4n) is 3.81. The van der Waals surface area contributed by atoms with Gasteiger partial charge in [-0.05, 0) is 69.0 Å². The van der Waals surface area contributed by atoms with E-state index in [0.29, 0.717) is 18.9 Å². The summed E-state index contributed by atoms with van der Waals surface area (Å²) < 4.78 is 19.2. The maximum Gasteiger partial charge on any atom is 0.410 e. The molecule has 4 rings (SSSR count). The number of carbonyl (C=O) groups excluding carboxylic acids is 2. The lowest BCUT2D eigenvalue weighted by Gasteiger charge is -2.28. The molecule has 0 saturated heterocycles. The summed E-state index contributed by atoms with van der Waals surface area (Å²) in [6, 6.07) is 8.89. The van der Waals surface area contributed by atoms with Gasteiger partial charge in [0, 0.05) is 44.5 Å². The molecule has 2 amide bonds. The number of hydrogen-bond acceptors (Lipinski definition) is 6. The number of nitrogens with two attached hydrogens (primary N) is 1. The average molecular weight is 511 g/mol. The zero-order chi connectivity index (χ0) is 27.2. The largest absolute Gasteiger partial charge is 0.444 e. The van der Waals surface area contributed by atoms with Crippen molar-refractivity contribution in [2.75, 3.05) is 30.8 Å². The molecule has 3 aromatic rings. The van der Waals surface area contributed by atoms with Gasteiger partial charge < -0.3 is 20.3 Å². The van der Waals surface area contributed by atoms with E-state index in [1.165, 1.54) is 17.7 Å². The lowest BCUT2D eigenvalue weighted by atomic mass is 9.97. The van der Waals surface area contributed by atoms with Crippen LogP contribution < -0.4 is 10.6 Å². The van der Waals surface area contributed by atoms with Gasteiger partial charge in [0.2, 0.25) is 5.91 Å². The number of pyridine rings is 1.